The number of likely N-dealkylation sites (tertiary alicyclic amines) is 1. The Labute approximate surface area is 165 Å². The normalized spacial score (nSPS) is 16.7. The van der Waals surface area contributed by atoms with Gasteiger partial charge in [0, 0.05) is 33.4 Å². The van der Waals surface area contributed by atoms with Crippen molar-refractivity contribution in [2.24, 2.45) is 10.9 Å². The predicted octanol–water partition coefficient (Wildman–Crippen LogP) is 1.94. The molecule has 7 heteroatoms. The zero-order valence-electron chi connectivity index (χ0n) is 15.7. The van der Waals surface area contributed by atoms with Gasteiger partial charge in [0.2, 0.25) is 0 Å². The van der Waals surface area contributed by atoms with Crippen LogP contribution in [0.4, 0.5) is 0 Å². The number of nitrogens with one attached hydrogen (secondary N) is 2. The zero-order chi connectivity index (χ0) is 16.8. The minimum Gasteiger partial charge on any atom is -0.382 e. The van der Waals surface area contributed by atoms with Gasteiger partial charge >= 0.3 is 0 Å². The summed E-state index contributed by atoms with van der Waals surface area (Å²) in [5, 5.41) is 6.76. The third-order valence-corrected chi connectivity index (χ3v) is 4.18. The van der Waals surface area contributed by atoms with E-state index in [2.05, 4.69) is 34.5 Å². The maximum atomic E-state index is 5.45. The van der Waals surface area contributed by atoms with E-state index in [4.69, 9.17) is 9.47 Å². The van der Waals surface area contributed by atoms with Crippen molar-refractivity contribution in [3.8, 4) is 0 Å². The Bertz CT molecular complexity index is 311. The van der Waals surface area contributed by atoms with Crippen molar-refractivity contribution in [3.63, 3.8) is 0 Å². The molecular weight excluding hydrogens is 419 g/mol. The van der Waals surface area contributed by atoms with E-state index in [1.54, 1.807) is 7.11 Å². The summed E-state index contributed by atoms with van der Waals surface area (Å²) in [5.74, 6) is 1.79. The van der Waals surface area contributed by atoms with Gasteiger partial charge < -0.3 is 25.0 Å². The monoisotopic (exact) mass is 456 g/mol. The average Bonchev–Trinajstić information content (AvgIpc) is 2.56. The SMILES string of the molecule is CCNC(=NCCCOCCOC)NCCC1CCN(C)CC1.I. The van der Waals surface area contributed by atoms with E-state index in [1.165, 1.54) is 32.4 Å². The van der Waals surface area contributed by atoms with Gasteiger partial charge in [0.25, 0.3) is 0 Å². The lowest BCUT2D eigenvalue weighted by atomic mass is 9.94. The molecule has 0 saturated carbocycles. The van der Waals surface area contributed by atoms with Crippen LogP contribution in [0.5, 0.6) is 0 Å². The lowest BCUT2D eigenvalue weighted by Crippen LogP contribution is -2.39. The maximum absolute atomic E-state index is 5.45. The van der Waals surface area contributed by atoms with Crippen molar-refractivity contribution < 1.29 is 9.47 Å². The minimum absolute atomic E-state index is 0. The first-order valence-corrected chi connectivity index (χ1v) is 9.03. The molecule has 1 aliphatic rings. The number of methoxy groups -OCH3 is 1. The molecule has 144 valence electrons. The van der Waals surface area contributed by atoms with Gasteiger partial charge in [-0.15, -0.1) is 24.0 Å². The number of aliphatic imine (C=N–C) groups is 1. The van der Waals surface area contributed by atoms with Crippen molar-refractivity contribution >= 4 is 29.9 Å². The zero-order valence-corrected chi connectivity index (χ0v) is 18.0. The smallest absolute Gasteiger partial charge is 0.191 e. The van der Waals surface area contributed by atoms with Crippen molar-refractivity contribution in [1.29, 1.82) is 0 Å². The molecule has 2 N–H and O–H groups in total. The van der Waals surface area contributed by atoms with Gasteiger partial charge in [0.05, 0.1) is 13.2 Å². The Kier molecular flexibility index (Phi) is 16.3. The second kappa shape index (κ2) is 16.4. The van der Waals surface area contributed by atoms with E-state index >= 15 is 0 Å². The molecule has 24 heavy (non-hydrogen) atoms. The number of nitrogens with zero attached hydrogens (tertiary/aromatic N) is 2. The molecule has 0 aliphatic carbocycles. The maximum Gasteiger partial charge on any atom is 0.191 e. The number of guanidine groups is 1. The van der Waals surface area contributed by atoms with Crippen molar-refractivity contribution in [3.05, 3.63) is 0 Å². The Morgan fingerprint density at radius 1 is 1.17 bits per heavy atom. The summed E-state index contributed by atoms with van der Waals surface area (Å²) in [6, 6.07) is 0. The largest absolute Gasteiger partial charge is 0.382 e. The highest BCUT2D eigenvalue weighted by Gasteiger charge is 2.16. The standard InChI is InChI=1S/C17H36N4O2.HI/c1-4-18-17(19-9-5-13-23-15-14-22-3)20-10-6-16-7-11-21(2)12-8-16;/h16H,4-15H2,1-3H3,(H2,18,19,20);1H. The molecule has 0 aromatic rings. The minimum atomic E-state index is 0. The van der Waals surface area contributed by atoms with Gasteiger partial charge in [-0.05, 0) is 58.7 Å². The molecule has 0 radical (unpaired) electrons. The Hall–Kier alpha value is -0.120. The molecule has 0 bridgehead atoms. The summed E-state index contributed by atoms with van der Waals surface area (Å²) in [6.07, 6.45) is 4.82. The summed E-state index contributed by atoms with van der Waals surface area (Å²) < 4.78 is 10.4. The van der Waals surface area contributed by atoms with Crippen LogP contribution in [0.2, 0.25) is 0 Å². The molecule has 1 fully saturated rings. The second-order valence-electron chi connectivity index (χ2n) is 6.18. The van der Waals surface area contributed by atoms with Crippen molar-refractivity contribution in [2.75, 3.05) is 66.7 Å². The topological polar surface area (TPSA) is 58.1 Å². The van der Waals surface area contributed by atoms with Gasteiger partial charge in [-0.2, -0.15) is 0 Å². The fourth-order valence-corrected chi connectivity index (χ4v) is 2.69. The number of hydrogen-bond acceptors (Lipinski definition) is 4. The van der Waals surface area contributed by atoms with Crippen LogP contribution in [0.15, 0.2) is 4.99 Å². The Balaban J connectivity index is 0.00000529. The first-order chi connectivity index (χ1) is 11.3. The third-order valence-electron chi connectivity index (χ3n) is 4.18. The first-order valence-electron chi connectivity index (χ1n) is 9.03. The van der Waals surface area contributed by atoms with Gasteiger partial charge in [-0.25, -0.2) is 0 Å². The van der Waals surface area contributed by atoms with Crippen molar-refractivity contribution in [2.45, 2.75) is 32.6 Å². The lowest BCUT2D eigenvalue weighted by Gasteiger charge is -2.29. The first kappa shape index (κ1) is 23.9. The predicted molar refractivity (Wildman–Crippen MR) is 112 cm³/mol. The lowest BCUT2D eigenvalue weighted by molar-refractivity contribution is 0.0702. The molecule has 0 aromatic heterocycles. The van der Waals surface area contributed by atoms with E-state index in [9.17, 15) is 0 Å². The average molecular weight is 456 g/mol. The van der Waals surface area contributed by atoms with E-state index in [0.717, 1.165) is 44.5 Å². The van der Waals surface area contributed by atoms with Crippen LogP contribution in [0.1, 0.15) is 32.6 Å². The van der Waals surface area contributed by atoms with Gasteiger partial charge in [-0.3, -0.25) is 4.99 Å². The summed E-state index contributed by atoms with van der Waals surface area (Å²) in [6.45, 7) is 9.32. The van der Waals surface area contributed by atoms with E-state index in [-0.39, 0.29) is 24.0 Å². The van der Waals surface area contributed by atoms with Crippen LogP contribution in [-0.2, 0) is 9.47 Å². The molecule has 0 amide bonds. The highest BCUT2D eigenvalue weighted by Crippen LogP contribution is 2.18. The van der Waals surface area contributed by atoms with Gasteiger partial charge in [-0.1, -0.05) is 0 Å². The molecule has 0 atom stereocenters. The Morgan fingerprint density at radius 2 is 1.92 bits per heavy atom. The number of ether oxygens (including phenoxy) is 2. The van der Waals surface area contributed by atoms with Crippen LogP contribution in [-0.4, -0.2) is 77.6 Å². The number of piperidine rings is 1. The van der Waals surface area contributed by atoms with E-state index in [0.29, 0.717) is 13.2 Å². The molecule has 1 saturated heterocycles. The fourth-order valence-electron chi connectivity index (χ4n) is 2.69. The highest BCUT2D eigenvalue weighted by molar-refractivity contribution is 14.0. The summed E-state index contributed by atoms with van der Waals surface area (Å²) >= 11 is 0. The van der Waals surface area contributed by atoms with Crippen LogP contribution >= 0.6 is 24.0 Å². The van der Waals surface area contributed by atoms with Crippen LogP contribution in [0.25, 0.3) is 0 Å². The molecule has 1 heterocycles. The summed E-state index contributed by atoms with van der Waals surface area (Å²) in [5.41, 5.74) is 0. The number of halogens is 1. The number of rotatable bonds is 11. The molecule has 1 aliphatic heterocycles. The van der Waals surface area contributed by atoms with E-state index < -0.39 is 0 Å². The molecule has 0 unspecified atom stereocenters. The molecule has 0 spiro atoms. The molecule has 1 rings (SSSR count). The second-order valence-corrected chi connectivity index (χ2v) is 6.18. The van der Waals surface area contributed by atoms with Crippen molar-refractivity contribution in [1.82, 2.24) is 15.5 Å². The summed E-state index contributed by atoms with van der Waals surface area (Å²) in [4.78, 5) is 7.02. The molecule has 0 aromatic carbocycles. The number of hydrogen-bond donors (Lipinski definition) is 2. The third kappa shape index (κ3) is 12.3. The highest BCUT2D eigenvalue weighted by atomic mass is 127. The summed E-state index contributed by atoms with van der Waals surface area (Å²) in [7, 11) is 3.90. The fraction of sp³-hybridized carbons (Fsp3) is 0.941. The Morgan fingerprint density at radius 3 is 2.58 bits per heavy atom. The van der Waals surface area contributed by atoms with Crippen LogP contribution in [0, 0.1) is 5.92 Å². The van der Waals surface area contributed by atoms with Crippen LogP contribution < -0.4 is 10.6 Å². The van der Waals surface area contributed by atoms with E-state index in [1.807, 2.05) is 0 Å². The van der Waals surface area contributed by atoms with Gasteiger partial charge in [0.1, 0.15) is 0 Å². The molecule has 6 nitrogen and oxygen atoms in total. The van der Waals surface area contributed by atoms with Crippen LogP contribution in [0.3, 0.4) is 0 Å². The van der Waals surface area contributed by atoms with Gasteiger partial charge in [0.15, 0.2) is 5.96 Å². The molecular formula is C17H37IN4O2. The quantitative estimate of drug-likeness (QED) is 0.216.